The van der Waals surface area contributed by atoms with Crippen molar-refractivity contribution in [2.75, 3.05) is 7.11 Å². The van der Waals surface area contributed by atoms with Gasteiger partial charge in [0, 0.05) is 30.5 Å². The minimum Gasteiger partial charge on any atom is -0.475 e. The van der Waals surface area contributed by atoms with Crippen molar-refractivity contribution in [1.29, 1.82) is 0 Å². The lowest BCUT2D eigenvalue weighted by Crippen LogP contribution is -2.60. The van der Waals surface area contributed by atoms with E-state index in [0.717, 1.165) is 25.7 Å². The molecule has 1 aromatic carbocycles. The minimum absolute atomic E-state index is 0.0267. The molecule has 2 spiro atoms. The van der Waals surface area contributed by atoms with Crippen molar-refractivity contribution in [1.82, 2.24) is 4.98 Å². The molecule has 2 saturated carbocycles. The van der Waals surface area contributed by atoms with Gasteiger partial charge in [-0.05, 0) is 84.7 Å². The molecule has 0 saturated heterocycles. The number of aliphatic imine (C=N–C) groups is 1. The van der Waals surface area contributed by atoms with E-state index >= 15 is 0 Å². The average molecular weight is 441 g/mol. The van der Waals surface area contributed by atoms with E-state index in [4.69, 9.17) is 20.2 Å². The van der Waals surface area contributed by atoms with Crippen molar-refractivity contribution < 1.29 is 9.47 Å². The number of fused-ring (bicyclic) bond motifs is 3. The molecule has 2 fully saturated rings. The van der Waals surface area contributed by atoms with Crippen molar-refractivity contribution >= 4 is 21.7 Å². The zero-order valence-electron chi connectivity index (χ0n) is 20.2. The summed E-state index contributed by atoms with van der Waals surface area (Å²) in [4.78, 5) is 9.75. The monoisotopic (exact) mass is 441 g/mol. The number of ether oxygens (including phenoxy) is 2. The number of aromatic nitrogens is 1. The van der Waals surface area contributed by atoms with Gasteiger partial charge >= 0.3 is 0 Å². The Kier molecular flexibility index (Phi) is 4.59. The second-order valence-corrected chi connectivity index (χ2v) is 11.4. The first-order valence-corrected chi connectivity index (χ1v) is 12.4. The highest BCUT2D eigenvalue weighted by molar-refractivity contribution is 6.41. The summed E-state index contributed by atoms with van der Waals surface area (Å²) in [6, 6.07) is 9.58. The average Bonchev–Trinajstić information content (AvgIpc) is 3.55. The lowest BCUT2D eigenvalue weighted by molar-refractivity contribution is -0.0559. The van der Waals surface area contributed by atoms with Crippen molar-refractivity contribution in [3.8, 4) is 11.1 Å². The molecule has 2 heterocycles. The number of benzene rings is 1. The van der Waals surface area contributed by atoms with Crippen LogP contribution in [0.5, 0.6) is 0 Å². The number of hydrogen-bond acceptors (Lipinski definition) is 5. The fourth-order valence-electron chi connectivity index (χ4n) is 7.47. The fourth-order valence-corrected chi connectivity index (χ4v) is 7.47. The number of methoxy groups -OCH3 is 1. The lowest BCUT2D eigenvalue weighted by atomic mass is 9.44. The van der Waals surface area contributed by atoms with Crippen molar-refractivity contribution in [2.24, 2.45) is 22.1 Å². The van der Waals surface area contributed by atoms with Crippen molar-refractivity contribution in [2.45, 2.75) is 68.4 Å². The zero-order valence-corrected chi connectivity index (χ0v) is 20.2. The van der Waals surface area contributed by atoms with Gasteiger partial charge in [0.05, 0.1) is 11.5 Å². The third-order valence-electron chi connectivity index (χ3n) is 9.00. The zero-order chi connectivity index (χ0) is 23.0. The van der Waals surface area contributed by atoms with Gasteiger partial charge in [0.2, 0.25) is 0 Å². The molecule has 2 aromatic rings. The van der Waals surface area contributed by atoms with Crippen LogP contribution in [-0.2, 0) is 21.4 Å². The Morgan fingerprint density at radius 1 is 1.12 bits per heavy atom. The van der Waals surface area contributed by atoms with Gasteiger partial charge in [-0.3, -0.25) is 4.98 Å². The number of hydrogen-bond donors (Lipinski definition) is 1. The first-order chi connectivity index (χ1) is 15.8. The number of nitrogens with two attached hydrogens (primary N) is 1. The number of rotatable bonds is 3. The maximum atomic E-state index is 6.30. The largest absolute Gasteiger partial charge is 0.475 e. The Balaban J connectivity index is 1.50. The number of pyridine rings is 1. The van der Waals surface area contributed by atoms with Crippen LogP contribution in [0.3, 0.4) is 0 Å². The Morgan fingerprint density at radius 2 is 1.94 bits per heavy atom. The summed E-state index contributed by atoms with van der Waals surface area (Å²) in [5.41, 5.74) is 12.2. The maximum absolute atomic E-state index is 6.30. The second-order valence-electron chi connectivity index (χ2n) is 11.4. The molecule has 1 aromatic heterocycles. The Labute approximate surface area is 198 Å². The molecule has 3 aliphatic carbocycles. The molecule has 4 atom stereocenters. The number of amidine groups is 1. The number of nitrogens with zero attached hydrogens (tertiary/aromatic N) is 2. The van der Waals surface area contributed by atoms with Gasteiger partial charge in [-0.1, -0.05) is 19.1 Å². The summed E-state index contributed by atoms with van der Waals surface area (Å²) < 4.78 is 12.1. The summed E-state index contributed by atoms with van der Waals surface area (Å²) in [6.07, 6.45) is 11.0. The highest BCUT2D eigenvalue weighted by Gasteiger charge is 2.68. The van der Waals surface area contributed by atoms with E-state index in [0.29, 0.717) is 24.0 Å². The van der Waals surface area contributed by atoms with E-state index in [1.807, 2.05) is 19.5 Å². The molecule has 170 valence electrons. The third kappa shape index (κ3) is 2.97. The fraction of sp³-hybridized carbons (Fsp3) is 0.538. The quantitative estimate of drug-likeness (QED) is 0.744. The van der Waals surface area contributed by atoms with Crippen molar-refractivity contribution in [3.63, 3.8) is 0 Å². The summed E-state index contributed by atoms with van der Waals surface area (Å²) >= 11 is 0. The molecule has 33 heavy (non-hydrogen) atoms. The Hall–Kier alpha value is -2.27. The van der Waals surface area contributed by atoms with Crippen LogP contribution in [0.25, 0.3) is 11.1 Å². The lowest BCUT2D eigenvalue weighted by Gasteiger charge is -2.53. The first kappa shape index (κ1) is 21.3. The Morgan fingerprint density at radius 3 is 2.61 bits per heavy atom. The van der Waals surface area contributed by atoms with E-state index in [9.17, 15) is 0 Å². The van der Waals surface area contributed by atoms with Crippen molar-refractivity contribution in [3.05, 3.63) is 53.3 Å². The molecular weight excluding hydrogens is 408 g/mol. The van der Waals surface area contributed by atoms with E-state index in [2.05, 4.69) is 51.9 Å². The highest BCUT2D eigenvalue weighted by atomic mass is 16.5. The molecular formula is C26H33B2N3O2. The molecule has 4 aliphatic rings. The summed E-state index contributed by atoms with van der Waals surface area (Å²) in [5.74, 6) is 1.15. The molecule has 6 rings (SSSR count). The van der Waals surface area contributed by atoms with Gasteiger partial charge in [0.1, 0.15) is 5.54 Å². The standard InChI is InChI=1S/C26H33B2N3O2/c1-15-11-24(8-7-22(15)32-2)12-18-6-5-17(20-9-19(13-30-14-20)16-3-4-16)10-21(18)25(24)26(27,28)33-23(29)31-25/h5-6,9-10,13-16,22H,3-4,7-8,11-12,27-28H2,1-2H3,(H2,29,31)/t15-,22-,24-,25-/m0/s1. The molecule has 5 nitrogen and oxygen atoms in total. The summed E-state index contributed by atoms with van der Waals surface area (Å²) in [7, 11) is 6.18. The Bertz CT molecular complexity index is 1150. The predicted molar refractivity (Wildman–Crippen MR) is 136 cm³/mol. The first-order valence-electron chi connectivity index (χ1n) is 12.4. The van der Waals surface area contributed by atoms with Crippen LogP contribution in [0.1, 0.15) is 61.6 Å². The van der Waals surface area contributed by atoms with Gasteiger partial charge in [0.25, 0.3) is 6.02 Å². The topological polar surface area (TPSA) is 69.7 Å². The SMILES string of the molecule is BC1(B)OC(N)=N[C@]12c1cc(-c3cncc(C4CC4)c3)ccc1C[C@@]21CC[C@H](OC)[C@@H](C)C1. The molecule has 0 unspecified atom stereocenters. The molecule has 2 N–H and O–H groups in total. The summed E-state index contributed by atoms with van der Waals surface area (Å²) in [6.45, 7) is 2.32. The van der Waals surface area contributed by atoms with E-state index in [-0.39, 0.29) is 5.41 Å². The van der Waals surface area contributed by atoms with Gasteiger partial charge in [-0.2, -0.15) is 0 Å². The van der Waals surface area contributed by atoms with Crippen LogP contribution in [-0.4, -0.2) is 45.3 Å². The normalized spacial score (nSPS) is 34.3. The van der Waals surface area contributed by atoms with Gasteiger partial charge in [0.15, 0.2) is 15.7 Å². The van der Waals surface area contributed by atoms with Crippen LogP contribution in [0.4, 0.5) is 0 Å². The molecule has 0 radical (unpaired) electrons. The van der Waals surface area contributed by atoms with E-state index in [1.165, 1.54) is 40.7 Å². The van der Waals surface area contributed by atoms with Gasteiger partial charge in [-0.15, -0.1) is 0 Å². The van der Waals surface area contributed by atoms with E-state index in [1.54, 1.807) is 0 Å². The minimum atomic E-state index is -0.519. The van der Waals surface area contributed by atoms with Crippen LogP contribution >= 0.6 is 0 Å². The van der Waals surface area contributed by atoms with Crippen LogP contribution in [0.2, 0.25) is 0 Å². The molecule has 1 aliphatic heterocycles. The maximum Gasteiger partial charge on any atom is 0.282 e. The highest BCUT2D eigenvalue weighted by Crippen LogP contribution is 2.65. The smallest absolute Gasteiger partial charge is 0.282 e. The molecule has 0 amide bonds. The van der Waals surface area contributed by atoms with Crippen LogP contribution in [0.15, 0.2) is 41.7 Å². The second kappa shape index (κ2) is 7.11. The predicted octanol–water partition coefficient (Wildman–Crippen LogP) is 2.46. The van der Waals surface area contributed by atoms with E-state index < -0.39 is 10.9 Å². The van der Waals surface area contributed by atoms with Gasteiger partial charge in [-0.25, -0.2) is 4.99 Å². The summed E-state index contributed by atoms with van der Waals surface area (Å²) in [5, 5.41) is -0.519. The molecule has 0 bridgehead atoms. The van der Waals surface area contributed by atoms with Gasteiger partial charge < -0.3 is 15.2 Å². The third-order valence-corrected chi connectivity index (χ3v) is 9.00. The van der Waals surface area contributed by atoms with Crippen LogP contribution < -0.4 is 5.73 Å². The van der Waals surface area contributed by atoms with Crippen LogP contribution in [0, 0.1) is 11.3 Å². The molecule has 7 heteroatoms.